The molecule has 1 aromatic heterocycles. The lowest BCUT2D eigenvalue weighted by Crippen LogP contribution is -2.21. The molecule has 0 aliphatic heterocycles. The van der Waals surface area contributed by atoms with Crippen LogP contribution in [0.4, 0.5) is 5.82 Å². The lowest BCUT2D eigenvalue weighted by Gasteiger charge is -2.23. The monoisotopic (exact) mass is 232 g/mol. The highest BCUT2D eigenvalue weighted by molar-refractivity contribution is 7.80. The van der Waals surface area contributed by atoms with Gasteiger partial charge in [0.1, 0.15) is 5.82 Å². The van der Waals surface area contributed by atoms with Gasteiger partial charge in [-0.15, -0.1) is 0 Å². The van der Waals surface area contributed by atoms with Crippen LogP contribution < -0.4 is 5.73 Å². The molecule has 0 radical (unpaired) electrons. The smallest absolute Gasteiger partial charge is 0.124 e. The summed E-state index contributed by atoms with van der Waals surface area (Å²) in [5.74, 6) is 1.32. The van der Waals surface area contributed by atoms with Crippen LogP contribution in [0, 0.1) is 0 Å². The number of benzene rings is 1. The number of nitrogens with two attached hydrogens (primary N) is 1. The topological polar surface area (TPSA) is 38.9 Å². The second-order valence-electron chi connectivity index (χ2n) is 4.66. The third-order valence-corrected chi connectivity index (χ3v) is 3.59. The first-order valence-corrected chi connectivity index (χ1v) is 5.94. The van der Waals surface area contributed by atoms with Crippen LogP contribution in [0.1, 0.15) is 19.5 Å². The lowest BCUT2D eigenvalue weighted by atomic mass is 9.88. The molecule has 16 heavy (non-hydrogen) atoms. The number of rotatable bonds is 2. The van der Waals surface area contributed by atoms with Crippen LogP contribution in [0.3, 0.4) is 0 Å². The molecule has 0 aliphatic carbocycles. The van der Waals surface area contributed by atoms with Gasteiger partial charge < -0.3 is 5.73 Å². The second kappa shape index (κ2) is 3.98. The Bertz CT molecular complexity index is 520. The molecule has 0 amide bonds. The van der Waals surface area contributed by atoms with Crippen molar-refractivity contribution in [3.8, 4) is 0 Å². The number of fused-ring (bicyclic) bond motifs is 1. The van der Waals surface area contributed by atoms with Gasteiger partial charge in [0.25, 0.3) is 0 Å². The van der Waals surface area contributed by atoms with Gasteiger partial charge in [-0.3, -0.25) is 0 Å². The zero-order valence-corrected chi connectivity index (χ0v) is 10.5. The third-order valence-electron chi connectivity index (χ3n) is 2.80. The summed E-state index contributed by atoms with van der Waals surface area (Å²) < 4.78 is 0. The highest BCUT2D eigenvalue weighted by Gasteiger charge is 2.23. The predicted octanol–water partition coefficient (Wildman–Crippen LogP) is 3.02. The number of hydrogen-bond donors (Lipinski definition) is 2. The van der Waals surface area contributed by atoms with Crippen molar-refractivity contribution in [2.45, 2.75) is 19.3 Å². The second-order valence-corrected chi connectivity index (χ2v) is 4.98. The van der Waals surface area contributed by atoms with Crippen LogP contribution in [-0.4, -0.2) is 10.7 Å². The van der Waals surface area contributed by atoms with Crippen LogP contribution in [0.2, 0.25) is 0 Å². The van der Waals surface area contributed by atoms with E-state index in [2.05, 4.69) is 43.6 Å². The first-order chi connectivity index (χ1) is 7.54. The van der Waals surface area contributed by atoms with Crippen molar-refractivity contribution in [3.05, 3.63) is 36.0 Å². The molecule has 3 heteroatoms. The molecule has 2 aromatic rings. The molecule has 0 fully saturated rings. The van der Waals surface area contributed by atoms with Crippen molar-refractivity contribution in [2.75, 3.05) is 11.5 Å². The van der Waals surface area contributed by atoms with Crippen LogP contribution in [0.5, 0.6) is 0 Å². The molecule has 0 saturated carbocycles. The zero-order valence-electron chi connectivity index (χ0n) is 9.57. The molecule has 2 rings (SSSR count). The first-order valence-electron chi connectivity index (χ1n) is 5.31. The summed E-state index contributed by atoms with van der Waals surface area (Å²) in [6.45, 7) is 4.27. The Morgan fingerprint density at radius 1 is 1.31 bits per heavy atom. The van der Waals surface area contributed by atoms with Crippen LogP contribution in [0.15, 0.2) is 30.3 Å². The minimum Gasteiger partial charge on any atom is -0.384 e. The summed E-state index contributed by atoms with van der Waals surface area (Å²) in [6, 6.07) is 10.1. The van der Waals surface area contributed by atoms with E-state index in [1.165, 1.54) is 0 Å². The van der Waals surface area contributed by atoms with E-state index >= 15 is 0 Å². The van der Waals surface area contributed by atoms with Crippen molar-refractivity contribution < 1.29 is 0 Å². The number of nitrogens with zero attached hydrogens (tertiary/aromatic N) is 1. The van der Waals surface area contributed by atoms with Gasteiger partial charge >= 0.3 is 0 Å². The molecule has 0 spiro atoms. The van der Waals surface area contributed by atoms with E-state index in [1.807, 2.05) is 18.2 Å². The van der Waals surface area contributed by atoms with E-state index in [0.717, 1.165) is 22.2 Å². The molecule has 84 valence electrons. The molecule has 0 bridgehead atoms. The maximum atomic E-state index is 5.84. The Morgan fingerprint density at radius 2 is 2.00 bits per heavy atom. The first kappa shape index (κ1) is 11.3. The molecule has 0 atom stereocenters. The summed E-state index contributed by atoms with van der Waals surface area (Å²) in [4.78, 5) is 4.47. The SMILES string of the molecule is CC(C)(CS)c1nc(N)cc2ccccc12. The van der Waals surface area contributed by atoms with Crippen molar-refractivity contribution in [1.82, 2.24) is 4.98 Å². The van der Waals surface area contributed by atoms with Gasteiger partial charge in [0.2, 0.25) is 0 Å². The summed E-state index contributed by atoms with van der Waals surface area (Å²) >= 11 is 4.39. The molecular weight excluding hydrogens is 216 g/mol. The molecular formula is C13H16N2S. The van der Waals surface area contributed by atoms with E-state index in [1.54, 1.807) is 0 Å². The highest BCUT2D eigenvalue weighted by atomic mass is 32.1. The number of pyridine rings is 1. The largest absolute Gasteiger partial charge is 0.384 e. The van der Waals surface area contributed by atoms with Crippen LogP contribution >= 0.6 is 12.6 Å². The van der Waals surface area contributed by atoms with Crippen LogP contribution in [0.25, 0.3) is 10.8 Å². The molecule has 2 nitrogen and oxygen atoms in total. The average molecular weight is 232 g/mol. The number of thiol groups is 1. The van der Waals surface area contributed by atoms with Crippen molar-refractivity contribution in [1.29, 1.82) is 0 Å². The Balaban J connectivity index is 2.77. The Labute approximate surface area is 101 Å². The lowest BCUT2D eigenvalue weighted by molar-refractivity contribution is 0.589. The maximum Gasteiger partial charge on any atom is 0.124 e. The van der Waals surface area contributed by atoms with E-state index in [4.69, 9.17) is 5.73 Å². The number of anilines is 1. The van der Waals surface area contributed by atoms with Gasteiger partial charge in [-0.2, -0.15) is 12.6 Å². The summed E-state index contributed by atoms with van der Waals surface area (Å²) in [6.07, 6.45) is 0. The number of hydrogen-bond acceptors (Lipinski definition) is 3. The van der Waals surface area contributed by atoms with Gasteiger partial charge in [-0.1, -0.05) is 38.1 Å². The summed E-state index contributed by atoms with van der Waals surface area (Å²) in [5.41, 5.74) is 6.79. The predicted molar refractivity (Wildman–Crippen MR) is 73.0 cm³/mol. The molecule has 2 N–H and O–H groups in total. The Hall–Kier alpha value is -1.22. The summed E-state index contributed by atoms with van der Waals surface area (Å²) in [5, 5.41) is 2.30. The van der Waals surface area contributed by atoms with Gasteiger partial charge in [0.15, 0.2) is 0 Å². The quantitative estimate of drug-likeness (QED) is 0.781. The van der Waals surface area contributed by atoms with Gasteiger partial charge in [-0.05, 0) is 11.5 Å². The minimum atomic E-state index is -0.0713. The maximum absolute atomic E-state index is 5.84. The van der Waals surface area contributed by atoms with E-state index in [9.17, 15) is 0 Å². The van der Waals surface area contributed by atoms with E-state index in [0.29, 0.717) is 5.82 Å². The molecule has 0 saturated heterocycles. The zero-order chi connectivity index (χ0) is 11.8. The van der Waals surface area contributed by atoms with Crippen molar-refractivity contribution in [2.24, 2.45) is 0 Å². The summed E-state index contributed by atoms with van der Waals surface area (Å²) in [7, 11) is 0. The fourth-order valence-electron chi connectivity index (χ4n) is 1.81. The Kier molecular flexibility index (Phi) is 2.80. The molecule has 1 heterocycles. The van der Waals surface area contributed by atoms with Gasteiger partial charge in [0, 0.05) is 16.6 Å². The normalized spacial score (nSPS) is 11.9. The van der Waals surface area contributed by atoms with E-state index < -0.39 is 0 Å². The van der Waals surface area contributed by atoms with Crippen molar-refractivity contribution in [3.63, 3.8) is 0 Å². The minimum absolute atomic E-state index is 0.0713. The molecule has 1 aromatic carbocycles. The Morgan fingerprint density at radius 3 is 2.69 bits per heavy atom. The standard InChI is InChI=1S/C13H16N2S/c1-13(2,8-16)12-10-6-4-3-5-9(10)7-11(14)15-12/h3-7,16H,8H2,1-2H3,(H2,14,15). The molecule has 0 aliphatic rings. The third kappa shape index (κ3) is 1.87. The van der Waals surface area contributed by atoms with Crippen LogP contribution in [-0.2, 0) is 5.41 Å². The number of aromatic nitrogens is 1. The number of nitrogen functional groups attached to an aromatic ring is 1. The average Bonchev–Trinajstić information content (AvgIpc) is 2.28. The highest BCUT2D eigenvalue weighted by Crippen LogP contribution is 2.30. The van der Waals surface area contributed by atoms with Crippen molar-refractivity contribution >= 4 is 29.2 Å². The fraction of sp³-hybridized carbons (Fsp3) is 0.308. The molecule has 0 unspecified atom stereocenters. The van der Waals surface area contributed by atoms with Gasteiger partial charge in [-0.25, -0.2) is 4.98 Å². The van der Waals surface area contributed by atoms with Gasteiger partial charge in [0.05, 0.1) is 5.69 Å². The fourth-order valence-corrected chi connectivity index (χ4v) is 1.96. The van der Waals surface area contributed by atoms with E-state index in [-0.39, 0.29) is 5.41 Å².